The SMILES string of the molecule is N#Cc1ccc(-c2nnn3c2CN(C(=O)C[C@H](N)Cc2cc(F)c(F)cc2F)CC3)cc1. The maximum atomic E-state index is 13.9. The molecule has 1 aliphatic heterocycles. The second kappa shape index (κ2) is 8.80. The number of nitrogens with two attached hydrogens (primary N) is 1. The van der Waals surface area contributed by atoms with Crippen molar-refractivity contribution < 1.29 is 18.0 Å². The highest BCUT2D eigenvalue weighted by molar-refractivity contribution is 5.77. The van der Waals surface area contributed by atoms with Gasteiger partial charge in [0.25, 0.3) is 0 Å². The van der Waals surface area contributed by atoms with Crippen LogP contribution in [-0.4, -0.2) is 38.4 Å². The number of hydrogen-bond donors (Lipinski definition) is 1. The summed E-state index contributed by atoms with van der Waals surface area (Å²) >= 11 is 0. The van der Waals surface area contributed by atoms with Crippen molar-refractivity contribution in [2.45, 2.75) is 32.0 Å². The molecular weight excluding hydrogens is 421 g/mol. The van der Waals surface area contributed by atoms with E-state index >= 15 is 0 Å². The average Bonchev–Trinajstić information content (AvgIpc) is 3.20. The highest BCUT2D eigenvalue weighted by Gasteiger charge is 2.27. The first-order valence-corrected chi connectivity index (χ1v) is 9.95. The van der Waals surface area contributed by atoms with Gasteiger partial charge >= 0.3 is 0 Å². The Labute approximate surface area is 181 Å². The van der Waals surface area contributed by atoms with E-state index in [2.05, 4.69) is 16.4 Å². The van der Waals surface area contributed by atoms with Gasteiger partial charge in [0.05, 0.1) is 30.4 Å². The molecule has 0 unspecified atom stereocenters. The van der Waals surface area contributed by atoms with Gasteiger partial charge in [-0.25, -0.2) is 17.9 Å². The van der Waals surface area contributed by atoms with E-state index in [4.69, 9.17) is 11.0 Å². The van der Waals surface area contributed by atoms with Crippen LogP contribution in [0.3, 0.4) is 0 Å². The van der Waals surface area contributed by atoms with Gasteiger partial charge in [-0.05, 0) is 30.2 Å². The minimum atomic E-state index is -1.27. The van der Waals surface area contributed by atoms with Crippen LogP contribution < -0.4 is 5.73 Å². The first-order valence-electron chi connectivity index (χ1n) is 9.95. The van der Waals surface area contributed by atoms with Crippen molar-refractivity contribution in [3.8, 4) is 17.3 Å². The Bertz CT molecular complexity index is 1200. The number of nitrogens with zero attached hydrogens (tertiary/aromatic N) is 5. The van der Waals surface area contributed by atoms with E-state index in [0.717, 1.165) is 17.3 Å². The van der Waals surface area contributed by atoms with E-state index in [1.165, 1.54) is 0 Å². The lowest BCUT2D eigenvalue weighted by Crippen LogP contribution is -2.41. The highest BCUT2D eigenvalue weighted by Crippen LogP contribution is 2.25. The molecule has 2 aromatic carbocycles. The van der Waals surface area contributed by atoms with Gasteiger partial charge in [0.2, 0.25) is 5.91 Å². The lowest BCUT2D eigenvalue weighted by molar-refractivity contribution is -0.133. The van der Waals surface area contributed by atoms with Crippen molar-refractivity contribution in [3.63, 3.8) is 0 Å². The zero-order chi connectivity index (χ0) is 22.8. The number of aromatic nitrogens is 3. The molecule has 164 valence electrons. The van der Waals surface area contributed by atoms with Crippen LogP contribution in [0.15, 0.2) is 36.4 Å². The minimum Gasteiger partial charge on any atom is -0.335 e. The van der Waals surface area contributed by atoms with Gasteiger partial charge < -0.3 is 10.6 Å². The summed E-state index contributed by atoms with van der Waals surface area (Å²) in [5, 5.41) is 17.3. The van der Waals surface area contributed by atoms with E-state index in [1.807, 2.05) is 0 Å². The molecule has 1 aromatic heterocycles. The molecule has 0 saturated heterocycles. The predicted molar refractivity (Wildman–Crippen MR) is 108 cm³/mol. The molecular formula is C22H19F3N6O. The number of amides is 1. The Balaban J connectivity index is 1.44. The largest absolute Gasteiger partial charge is 0.335 e. The van der Waals surface area contributed by atoms with Crippen molar-refractivity contribution >= 4 is 5.91 Å². The Morgan fingerprint density at radius 3 is 2.56 bits per heavy atom. The topological polar surface area (TPSA) is 101 Å². The van der Waals surface area contributed by atoms with Gasteiger partial charge in [0, 0.05) is 30.6 Å². The lowest BCUT2D eigenvalue weighted by Gasteiger charge is -2.28. The van der Waals surface area contributed by atoms with Gasteiger partial charge in [-0.1, -0.05) is 17.3 Å². The molecule has 0 saturated carbocycles. The van der Waals surface area contributed by atoms with Crippen LogP contribution in [0.2, 0.25) is 0 Å². The van der Waals surface area contributed by atoms with Gasteiger partial charge in [-0.3, -0.25) is 4.79 Å². The number of rotatable bonds is 5. The fourth-order valence-corrected chi connectivity index (χ4v) is 3.71. The molecule has 1 aliphatic rings. The third kappa shape index (κ3) is 4.33. The smallest absolute Gasteiger partial charge is 0.224 e. The second-order valence-corrected chi connectivity index (χ2v) is 7.64. The standard InChI is InChI=1S/C22H19F3N6O/c23-17-10-19(25)18(24)8-15(17)7-16(27)9-21(32)30-5-6-31-20(12-30)22(28-29-31)14-3-1-13(11-26)2-4-14/h1-4,8,10,16H,5-7,9,12,27H2/t16-/m1/s1. The van der Waals surface area contributed by atoms with Crippen molar-refractivity contribution in [3.05, 3.63) is 70.7 Å². The van der Waals surface area contributed by atoms with Crippen LogP contribution in [0.5, 0.6) is 0 Å². The molecule has 1 atom stereocenters. The Morgan fingerprint density at radius 1 is 1.12 bits per heavy atom. The van der Waals surface area contributed by atoms with E-state index in [9.17, 15) is 18.0 Å². The molecule has 4 rings (SSSR count). The summed E-state index contributed by atoms with van der Waals surface area (Å²) in [4.78, 5) is 14.4. The highest BCUT2D eigenvalue weighted by atomic mass is 19.2. The summed E-state index contributed by atoms with van der Waals surface area (Å²) in [5.41, 5.74) is 8.62. The molecule has 7 nitrogen and oxygen atoms in total. The second-order valence-electron chi connectivity index (χ2n) is 7.64. The third-order valence-electron chi connectivity index (χ3n) is 5.41. The Morgan fingerprint density at radius 2 is 1.84 bits per heavy atom. The van der Waals surface area contributed by atoms with Crippen molar-refractivity contribution in [2.75, 3.05) is 6.54 Å². The van der Waals surface area contributed by atoms with Crippen molar-refractivity contribution in [2.24, 2.45) is 5.73 Å². The summed E-state index contributed by atoms with van der Waals surface area (Å²) in [6.07, 6.45) is -0.176. The summed E-state index contributed by atoms with van der Waals surface area (Å²) in [6, 6.07) is 9.46. The molecule has 0 aliphatic carbocycles. The zero-order valence-electron chi connectivity index (χ0n) is 16.9. The van der Waals surface area contributed by atoms with E-state index < -0.39 is 23.5 Å². The van der Waals surface area contributed by atoms with Gasteiger partial charge in [-0.2, -0.15) is 5.26 Å². The molecule has 32 heavy (non-hydrogen) atoms. The number of carbonyl (C=O) groups is 1. The molecule has 2 N–H and O–H groups in total. The average molecular weight is 440 g/mol. The first kappa shape index (κ1) is 21.5. The van der Waals surface area contributed by atoms with Crippen LogP contribution in [0.4, 0.5) is 13.2 Å². The number of nitriles is 1. The zero-order valence-corrected chi connectivity index (χ0v) is 16.9. The van der Waals surface area contributed by atoms with Gasteiger partial charge in [0.1, 0.15) is 11.5 Å². The van der Waals surface area contributed by atoms with Crippen LogP contribution in [0.25, 0.3) is 11.3 Å². The van der Waals surface area contributed by atoms with Crippen LogP contribution >= 0.6 is 0 Å². The fraction of sp³-hybridized carbons (Fsp3) is 0.273. The summed E-state index contributed by atoms with van der Waals surface area (Å²) in [7, 11) is 0. The van der Waals surface area contributed by atoms with Crippen LogP contribution in [-0.2, 0) is 24.3 Å². The molecule has 10 heteroatoms. The maximum Gasteiger partial charge on any atom is 0.224 e. The monoisotopic (exact) mass is 440 g/mol. The van der Waals surface area contributed by atoms with E-state index in [1.54, 1.807) is 33.8 Å². The third-order valence-corrected chi connectivity index (χ3v) is 5.41. The van der Waals surface area contributed by atoms with E-state index in [0.29, 0.717) is 30.4 Å². The first-order chi connectivity index (χ1) is 15.4. The molecule has 3 aromatic rings. The van der Waals surface area contributed by atoms with Crippen molar-refractivity contribution in [1.29, 1.82) is 5.26 Å². The molecule has 0 spiro atoms. The quantitative estimate of drug-likeness (QED) is 0.615. The van der Waals surface area contributed by atoms with Crippen molar-refractivity contribution in [1.82, 2.24) is 19.9 Å². The number of hydrogen-bond acceptors (Lipinski definition) is 5. The minimum absolute atomic E-state index is 0.0757. The molecule has 2 heterocycles. The normalized spacial score (nSPS) is 14.0. The fourth-order valence-electron chi connectivity index (χ4n) is 3.71. The number of fused-ring (bicyclic) bond motifs is 1. The summed E-state index contributed by atoms with van der Waals surface area (Å²) in [6.45, 7) is 1.14. The van der Waals surface area contributed by atoms with E-state index in [-0.39, 0.29) is 30.9 Å². The molecule has 0 fully saturated rings. The predicted octanol–water partition coefficient (Wildman–Crippen LogP) is 2.54. The Hall–Kier alpha value is -3.71. The number of halogens is 3. The molecule has 0 bridgehead atoms. The lowest BCUT2D eigenvalue weighted by atomic mass is 10.0. The summed E-state index contributed by atoms with van der Waals surface area (Å²) in [5.74, 6) is -3.56. The number of benzene rings is 2. The summed E-state index contributed by atoms with van der Waals surface area (Å²) < 4.78 is 42.1. The number of carbonyl (C=O) groups excluding carboxylic acids is 1. The van der Waals surface area contributed by atoms with Crippen LogP contribution in [0, 0.1) is 28.8 Å². The van der Waals surface area contributed by atoms with Gasteiger partial charge in [-0.15, -0.1) is 5.10 Å². The maximum absolute atomic E-state index is 13.9. The van der Waals surface area contributed by atoms with Gasteiger partial charge in [0.15, 0.2) is 11.6 Å². The molecule has 0 radical (unpaired) electrons. The van der Waals surface area contributed by atoms with Crippen LogP contribution in [0.1, 0.15) is 23.2 Å². The molecule has 1 amide bonds. The Kier molecular flexibility index (Phi) is 5.92.